The standard InChI is InChI=1S/C7H12N2O3S/c1-7(2)5(13-4-11-7)9-12-6(10)8-3/h4H2,1-3H3,(H,8,10). The molecule has 1 saturated heterocycles. The molecule has 0 bridgehead atoms. The first-order valence-corrected chi connectivity index (χ1v) is 4.79. The molecule has 0 radical (unpaired) electrons. The Labute approximate surface area is 80.8 Å². The van der Waals surface area contributed by atoms with Gasteiger partial charge >= 0.3 is 6.09 Å². The number of carbonyl (C=O) groups is 1. The molecule has 0 saturated carbocycles. The van der Waals surface area contributed by atoms with Crippen LogP contribution in [0.2, 0.25) is 0 Å². The Morgan fingerprint density at radius 1 is 1.77 bits per heavy atom. The van der Waals surface area contributed by atoms with Gasteiger partial charge in [-0.2, -0.15) is 0 Å². The second-order valence-corrected chi connectivity index (χ2v) is 3.85. The summed E-state index contributed by atoms with van der Waals surface area (Å²) < 4.78 is 5.34. The highest BCUT2D eigenvalue weighted by Gasteiger charge is 2.33. The Morgan fingerprint density at radius 2 is 2.46 bits per heavy atom. The molecule has 5 nitrogen and oxygen atoms in total. The zero-order chi connectivity index (χ0) is 9.90. The molecule has 74 valence electrons. The first-order valence-electron chi connectivity index (χ1n) is 3.80. The smallest absolute Gasteiger partial charge is 0.358 e. The van der Waals surface area contributed by atoms with Crippen molar-refractivity contribution in [1.82, 2.24) is 5.32 Å². The molecule has 1 amide bonds. The summed E-state index contributed by atoms with van der Waals surface area (Å²) in [6.45, 7) is 3.75. The van der Waals surface area contributed by atoms with Gasteiger partial charge in [0.2, 0.25) is 0 Å². The van der Waals surface area contributed by atoms with E-state index in [4.69, 9.17) is 4.74 Å². The summed E-state index contributed by atoms with van der Waals surface area (Å²) in [6.07, 6.45) is -0.573. The monoisotopic (exact) mass is 204 g/mol. The second-order valence-electron chi connectivity index (χ2n) is 2.94. The fraction of sp³-hybridized carbons (Fsp3) is 0.714. The van der Waals surface area contributed by atoms with Crippen molar-refractivity contribution < 1.29 is 14.4 Å². The lowest BCUT2D eigenvalue weighted by atomic mass is 10.2. The summed E-state index contributed by atoms with van der Waals surface area (Å²) in [7, 11) is 1.48. The topological polar surface area (TPSA) is 59.9 Å². The lowest BCUT2D eigenvalue weighted by Crippen LogP contribution is -2.27. The maximum Gasteiger partial charge on any atom is 0.433 e. The maximum atomic E-state index is 10.7. The van der Waals surface area contributed by atoms with Crippen LogP contribution in [0.3, 0.4) is 0 Å². The predicted molar refractivity (Wildman–Crippen MR) is 50.6 cm³/mol. The Balaban J connectivity index is 2.56. The summed E-state index contributed by atoms with van der Waals surface area (Å²) in [5, 5.41) is 6.66. The van der Waals surface area contributed by atoms with Crippen molar-refractivity contribution in [2.75, 3.05) is 13.0 Å². The van der Waals surface area contributed by atoms with Crippen LogP contribution in [0.25, 0.3) is 0 Å². The van der Waals surface area contributed by atoms with Crippen LogP contribution in [0, 0.1) is 0 Å². The molecule has 0 aromatic rings. The Bertz CT molecular complexity index is 240. The minimum Gasteiger partial charge on any atom is -0.358 e. The van der Waals surface area contributed by atoms with Crippen LogP contribution in [-0.2, 0) is 9.57 Å². The highest BCUT2D eigenvalue weighted by atomic mass is 32.2. The normalized spacial score (nSPS) is 23.2. The van der Waals surface area contributed by atoms with Gasteiger partial charge in [-0.25, -0.2) is 4.79 Å². The molecular weight excluding hydrogens is 192 g/mol. The lowest BCUT2D eigenvalue weighted by molar-refractivity contribution is 0.0785. The van der Waals surface area contributed by atoms with Crippen molar-refractivity contribution >= 4 is 22.9 Å². The summed E-state index contributed by atoms with van der Waals surface area (Å²) in [5.74, 6) is 0.545. The van der Waals surface area contributed by atoms with Gasteiger partial charge in [-0.05, 0) is 13.8 Å². The van der Waals surface area contributed by atoms with E-state index in [1.165, 1.54) is 18.8 Å². The Kier molecular flexibility index (Phi) is 3.16. The molecule has 0 aromatic heterocycles. The molecule has 1 aliphatic rings. The molecule has 1 N–H and O–H groups in total. The SMILES string of the molecule is CNC(=O)ON=C1SCOC1(C)C. The molecule has 6 heteroatoms. The van der Waals surface area contributed by atoms with Crippen molar-refractivity contribution in [2.45, 2.75) is 19.4 Å². The zero-order valence-corrected chi connectivity index (χ0v) is 8.60. The fourth-order valence-electron chi connectivity index (χ4n) is 0.733. The molecule has 13 heavy (non-hydrogen) atoms. The van der Waals surface area contributed by atoms with Crippen LogP contribution in [0.1, 0.15) is 13.8 Å². The number of hydrogen-bond acceptors (Lipinski definition) is 5. The largest absolute Gasteiger partial charge is 0.433 e. The van der Waals surface area contributed by atoms with Gasteiger partial charge in [0, 0.05) is 7.05 Å². The van der Waals surface area contributed by atoms with E-state index in [1.807, 2.05) is 13.8 Å². The minimum atomic E-state index is -0.573. The molecule has 1 aliphatic heterocycles. The number of rotatable bonds is 1. The van der Waals surface area contributed by atoms with Crippen molar-refractivity contribution in [3.8, 4) is 0 Å². The summed E-state index contributed by atoms with van der Waals surface area (Å²) in [6, 6.07) is 0. The third kappa shape index (κ3) is 2.60. The first kappa shape index (κ1) is 10.3. The van der Waals surface area contributed by atoms with E-state index in [1.54, 1.807) is 0 Å². The second kappa shape index (κ2) is 3.97. The van der Waals surface area contributed by atoms with Gasteiger partial charge in [-0.3, -0.25) is 4.84 Å². The van der Waals surface area contributed by atoms with Crippen molar-refractivity contribution in [3.63, 3.8) is 0 Å². The number of nitrogens with one attached hydrogen (secondary N) is 1. The molecule has 0 unspecified atom stereocenters. The van der Waals surface area contributed by atoms with E-state index in [9.17, 15) is 4.79 Å². The molecule has 1 fully saturated rings. The number of amides is 1. The maximum absolute atomic E-state index is 10.7. The summed E-state index contributed by atoms with van der Waals surface area (Å²) >= 11 is 1.42. The highest BCUT2D eigenvalue weighted by molar-refractivity contribution is 8.14. The summed E-state index contributed by atoms with van der Waals surface area (Å²) in [5.41, 5.74) is -0.446. The van der Waals surface area contributed by atoms with Gasteiger partial charge in [0.1, 0.15) is 10.6 Å². The van der Waals surface area contributed by atoms with E-state index in [0.717, 1.165) is 0 Å². The Morgan fingerprint density at radius 3 is 2.92 bits per heavy atom. The van der Waals surface area contributed by atoms with Gasteiger partial charge < -0.3 is 10.1 Å². The number of oxime groups is 1. The van der Waals surface area contributed by atoms with Crippen molar-refractivity contribution in [3.05, 3.63) is 0 Å². The average molecular weight is 204 g/mol. The van der Waals surface area contributed by atoms with E-state index in [-0.39, 0.29) is 0 Å². The number of nitrogens with zero attached hydrogens (tertiary/aromatic N) is 1. The lowest BCUT2D eigenvalue weighted by Gasteiger charge is -2.14. The molecule has 0 atom stereocenters. The Hall–Kier alpha value is -0.750. The summed E-state index contributed by atoms with van der Waals surface area (Å²) in [4.78, 5) is 15.2. The van der Waals surface area contributed by atoms with E-state index >= 15 is 0 Å². The predicted octanol–water partition coefficient (Wildman–Crippen LogP) is 1.16. The van der Waals surface area contributed by atoms with Crippen LogP contribution in [0.4, 0.5) is 4.79 Å². The molecule has 1 heterocycles. The van der Waals surface area contributed by atoms with E-state index in [0.29, 0.717) is 11.0 Å². The van der Waals surface area contributed by atoms with E-state index in [2.05, 4.69) is 15.3 Å². The highest BCUT2D eigenvalue weighted by Crippen LogP contribution is 2.29. The minimum absolute atomic E-state index is 0.446. The fourth-order valence-corrected chi connectivity index (χ4v) is 1.69. The van der Waals surface area contributed by atoms with Crippen molar-refractivity contribution in [2.24, 2.45) is 5.16 Å². The average Bonchev–Trinajstić information content (AvgIpc) is 2.41. The molecule has 1 rings (SSSR count). The van der Waals surface area contributed by atoms with Crippen LogP contribution in [0.5, 0.6) is 0 Å². The van der Waals surface area contributed by atoms with Gasteiger partial charge in [-0.15, -0.1) is 0 Å². The van der Waals surface area contributed by atoms with E-state index < -0.39 is 11.7 Å². The van der Waals surface area contributed by atoms with Crippen LogP contribution < -0.4 is 5.32 Å². The number of hydrogen-bond donors (Lipinski definition) is 1. The van der Waals surface area contributed by atoms with Gasteiger partial charge in [-0.1, -0.05) is 16.9 Å². The van der Waals surface area contributed by atoms with Crippen molar-refractivity contribution in [1.29, 1.82) is 0 Å². The number of carbonyl (C=O) groups excluding carboxylic acids is 1. The first-order chi connectivity index (χ1) is 6.06. The third-order valence-corrected chi connectivity index (χ3v) is 2.62. The van der Waals surface area contributed by atoms with Crippen LogP contribution in [-0.4, -0.2) is 29.7 Å². The van der Waals surface area contributed by atoms with Crippen LogP contribution in [0.15, 0.2) is 5.16 Å². The molecule has 0 aromatic carbocycles. The number of thioether (sulfide) groups is 1. The molecular formula is C7H12N2O3S. The quantitative estimate of drug-likeness (QED) is 0.514. The molecule has 0 spiro atoms. The van der Waals surface area contributed by atoms with Gasteiger partial charge in [0.15, 0.2) is 0 Å². The van der Waals surface area contributed by atoms with Gasteiger partial charge in [0.05, 0.1) is 5.94 Å². The van der Waals surface area contributed by atoms with Crippen LogP contribution >= 0.6 is 11.8 Å². The third-order valence-electron chi connectivity index (χ3n) is 1.55. The number of ether oxygens (including phenoxy) is 1. The molecule has 0 aliphatic carbocycles. The zero-order valence-electron chi connectivity index (χ0n) is 7.79. The van der Waals surface area contributed by atoms with Gasteiger partial charge in [0.25, 0.3) is 0 Å².